The van der Waals surface area contributed by atoms with E-state index in [1.807, 2.05) is 60.8 Å². The van der Waals surface area contributed by atoms with E-state index in [-0.39, 0.29) is 30.5 Å². The zero-order valence-corrected chi connectivity index (χ0v) is 19.2. The van der Waals surface area contributed by atoms with Crippen LogP contribution in [0.1, 0.15) is 17.7 Å². The monoisotopic (exact) mass is 454 g/mol. The van der Waals surface area contributed by atoms with Crippen LogP contribution in [0, 0.1) is 13.8 Å². The molecule has 0 saturated carbocycles. The van der Waals surface area contributed by atoms with E-state index in [0.717, 1.165) is 40.1 Å². The number of benzene rings is 1. The van der Waals surface area contributed by atoms with Gasteiger partial charge in [0.15, 0.2) is 0 Å². The Morgan fingerprint density at radius 2 is 1.91 bits per heavy atom. The molecule has 2 aromatic heterocycles. The van der Waals surface area contributed by atoms with Crippen LogP contribution >= 0.6 is 0 Å². The van der Waals surface area contributed by atoms with Crippen molar-refractivity contribution in [3.63, 3.8) is 0 Å². The summed E-state index contributed by atoms with van der Waals surface area (Å²) < 4.78 is 24.7. The van der Waals surface area contributed by atoms with Gasteiger partial charge in [-0.25, -0.2) is 13.4 Å². The highest BCUT2D eigenvalue weighted by atomic mass is 32.2. The van der Waals surface area contributed by atoms with E-state index in [4.69, 9.17) is 4.98 Å². The van der Waals surface area contributed by atoms with Crippen LogP contribution in [0.4, 0.5) is 5.69 Å². The van der Waals surface area contributed by atoms with Crippen LogP contribution in [0.3, 0.4) is 0 Å². The molecule has 1 aromatic carbocycles. The maximum absolute atomic E-state index is 12.8. The van der Waals surface area contributed by atoms with E-state index in [9.17, 15) is 18.0 Å². The number of hydrogen-bond acceptors (Lipinski definition) is 5. The third-order valence-electron chi connectivity index (χ3n) is 5.82. The van der Waals surface area contributed by atoms with Crippen LogP contribution in [0.25, 0.3) is 16.9 Å². The van der Waals surface area contributed by atoms with Gasteiger partial charge in [-0.15, -0.1) is 0 Å². The van der Waals surface area contributed by atoms with Crippen LogP contribution in [-0.4, -0.2) is 66.2 Å². The second-order valence-electron chi connectivity index (χ2n) is 8.21. The Balaban J connectivity index is 1.56. The van der Waals surface area contributed by atoms with Gasteiger partial charge >= 0.3 is 0 Å². The number of amides is 2. The quantitative estimate of drug-likeness (QED) is 0.590. The molecule has 8 nitrogen and oxygen atoms in total. The normalized spacial score (nSPS) is 14.9. The predicted octanol–water partition coefficient (Wildman–Crippen LogP) is 2.23. The smallest absolute Gasteiger partial charge is 0.246 e. The summed E-state index contributed by atoms with van der Waals surface area (Å²) in [7, 11) is -3.22. The number of rotatable bonds is 5. The molecule has 0 unspecified atom stereocenters. The van der Waals surface area contributed by atoms with Gasteiger partial charge in [0, 0.05) is 48.9 Å². The Kier molecular flexibility index (Phi) is 5.77. The van der Waals surface area contributed by atoms with Crippen molar-refractivity contribution in [2.75, 3.05) is 36.5 Å². The maximum Gasteiger partial charge on any atom is 0.246 e. The molecule has 0 atom stereocenters. The van der Waals surface area contributed by atoms with Gasteiger partial charge in [-0.2, -0.15) is 0 Å². The molecule has 1 fully saturated rings. The van der Waals surface area contributed by atoms with Gasteiger partial charge in [0.1, 0.15) is 22.0 Å². The van der Waals surface area contributed by atoms with E-state index in [0.29, 0.717) is 13.1 Å². The average Bonchev–Trinajstić information content (AvgIpc) is 3.08. The van der Waals surface area contributed by atoms with Crippen molar-refractivity contribution in [3.05, 3.63) is 53.9 Å². The fourth-order valence-electron chi connectivity index (χ4n) is 4.00. The number of piperazine rings is 1. The largest absolute Gasteiger partial charge is 0.332 e. The molecule has 4 rings (SSSR count). The number of nitrogens with zero attached hydrogens (tertiary/aromatic N) is 4. The first kappa shape index (κ1) is 22.0. The van der Waals surface area contributed by atoms with E-state index < -0.39 is 9.84 Å². The summed E-state index contributed by atoms with van der Waals surface area (Å²) in [5, 5.41) is 0. The molecule has 3 aromatic rings. The molecule has 1 aliphatic rings. The van der Waals surface area contributed by atoms with Crippen LogP contribution in [0.5, 0.6) is 0 Å². The number of sulfone groups is 1. The van der Waals surface area contributed by atoms with Crippen molar-refractivity contribution >= 4 is 33.0 Å². The predicted molar refractivity (Wildman–Crippen MR) is 123 cm³/mol. The van der Waals surface area contributed by atoms with Crippen molar-refractivity contribution in [2.45, 2.75) is 20.3 Å². The van der Waals surface area contributed by atoms with Crippen LogP contribution < -0.4 is 4.90 Å². The summed E-state index contributed by atoms with van der Waals surface area (Å²) >= 11 is 0. The van der Waals surface area contributed by atoms with Crippen molar-refractivity contribution in [2.24, 2.45) is 0 Å². The highest BCUT2D eigenvalue weighted by Crippen LogP contribution is 2.31. The average molecular weight is 455 g/mol. The first-order valence-corrected chi connectivity index (χ1v) is 12.5. The van der Waals surface area contributed by atoms with E-state index in [2.05, 4.69) is 0 Å². The Morgan fingerprint density at radius 1 is 1.12 bits per heavy atom. The number of hydrogen-bond donors (Lipinski definition) is 0. The fraction of sp³-hybridized carbons (Fsp3) is 0.348. The molecule has 3 heterocycles. The lowest BCUT2D eigenvalue weighted by Gasteiger charge is -2.34. The molecule has 0 N–H and O–H groups in total. The minimum absolute atomic E-state index is 0.0564. The second kappa shape index (κ2) is 8.38. The van der Waals surface area contributed by atoms with Gasteiger partial charge in [-0.05, 0) is 43.7 Å². The number of pyridine rings is 1. The summed E-state index contributed by atoms with van der Waals surface area (Å²) in [6.07, 6.45) is 2.97. The minimum atomic E-state index is -3.22. The summed E-state index contributed by atoms with van der Waals surface area (Å²) in [6.45, 7) is 4.70. The highest BCUT2D eigenvalue weighted by molar-refractivity contribution is 7.90. The van der Waals surface area contributed by atoms with Gasteiger partial charge in [0.2, 0.25) is 11.8 Å². The Labute approximate surface area is 187 Å². The standard InChI is InChI=1S/C23H26N4O4S/c1-16-7-8-18(14-19(16)23-17(2)26-10-5-4-6-20(26)24-23)27-12-11-25(15-22(27)29)21(28)9-13-32(3,30)31/h4-8,10,14H,9,11-13,15H2,1-3H3. The van der Waals surface area contributed by atoms with E-state index >= 15 is 0 Å². The molecule has 0 aliphatic carbocycles. The lowest BCUT2D eigenvalue weighted by Crippen LogP contribution is -2.52. The molecule has 168 valence electrons. The lowest BCUT2D eigenvalue weighted by molar-refractivity contribution is -0.136. The van der Waals surface area contributed by atoms with Crippen LogP contribution in [0.2, 0.25) is 0 Å². The Hall–Kier alpha value is -3.20. The maximum atomic E-state index is 12.8. The highest BCUT2D eigenvalue weighted by Gasteiger charge is 2.28. The molecule has 0 radical (unpaired) electrons. The number of carbonyl (C=O) groups excluding carboxylic acids is 2. The topological polar surface area (TPSA) is 92.1 Å². The third-order valence-corrected chi connectivity index (χ3v) is 6.76. The van der Waals surface area contributed by atoms with Gasteiger partial charge in [0.25, 0.3) is 0 Å². The van der Waals surface area contributed by atoms with Gasteiger partial charge in [-0.1, -0.05) is 12.1 Å². The van der Waals surface area contributed by atoms with Crippen molar-refractivity contribution in [1.29, 1.82) is 0 Å². The number of fused-ring (bicyclic) bond motifs is 1. The summed E-state index contributed by atoms with van der Waals surface area (Å²) in [4.78, 5) is 33.1. The first-order valence-electron chi connectivity index (χ1n) is 10.4. The Morgan fingerprint density at radius 3 is 2.59 bits per heavy atom. The Bertz CT molecular complexity index is 1310. The van der Waals surface area contributed by atoms with E-state index in [1.165, 1.54) is 4.90 Å². The molecular weight excluding hydrogens is 428 g/mol. The number of carbonyl (C=O) groups is 2. The molecule has 1 saturated heterocycles. The van der Waals surface area contributed by atoms with Crippen molar-refractivity contribution in [3.8, 4) is 11.3 Å². The van der Waals surface area contributed by atoms with Crippen LogP contribution in [-0.2, 0) is 19.4 Å². The minimum Gasteiger partial charge on any atom is -0.332 e. The van der Waals surface area contributed by atoms with E-state index in [1.54, 1.807) is 4.90 Å². The zero-order chi connectivity index (χ0) is 23.0. The molecule has 32 heavy (non-hydrogen) atoms. The lowest BCUT2D eigenvalue weighted by atomic mass is 10.0. The summed E-state index contributed by atoms with van der Waals surface area (Å²) in [5.74, 6) is -0.709. The molecular formula is C23H26N4O4S. The zero-order valence-electron chi connectivity index (χ0n) is 18.4. The summed E-state index contributed by atoms with van der Waals surface area (Å²) in [6, 6.07) is 11.7. The second-order valence-corrected chi connectivity index (χ2v) is 10.5. The first-order chi connectivity index (χ1) is 15.1. The molecule has 2 amide bonds. The van der Waals surface area contributed by atoms with Crippen molar-refractivity contribution < 1.29 is 18.0 Å². The van der Waals surface area contributed by atoms with Gasteiger partial charge in [0.05, 0.1) is 11.4 Å². The molecule has 0 spiro atoms. The third kappa shape index (κ3) is 4.38. The van der Waals surface area contributed by atoms with Crippen molar-refractivity contribution in [1.82, 2.24) is 14.3 Å². The van der Waals surface area contributed by atoms with Gasteiger partial charge < -0.3 is 14.2 Å². The van der Waals surface area contributed by atoms with Gasteiger partial charge in [-0.3, -0.25) is 9.59 Å². The summed E-state index contributed by atoms with van der Waals surface area (Å²) in [5.41, 5.74) is 5.54. The molecule has 0 bridgehead atoms. The van der Waals surface area contributed by atoms with Crippen LogP contribution in [0.15, 0.2) is 42.6 Å². The fourth-order valence-corrected chi connectivity index (χ4v) is 4.54. The number of aryl methyl sites for hydroxylation is 2. The molecule has 1 aliphatic heterocycles. The number of anilines is 1. The molecule has 9 heteroatoms. The number of imidazole rings is 1. The SMILES string of the molecule is Cc1ccc(N2CCN(C(=O)CCS(C)(=O)=O)CC2=O)cc1-c1nc2ccccn2c1C. The number of aromatic nitrogens is 2.